The lowest BCUT2D eigenvalue weighted by atomic mass is 10.1. The fourth-order valence-electron chi connectivity index (χ4n) is 4.76. The monoisotopic (exact) mass is 528 g/mol. The predicted octanol–water partition coefficient (Wildman–Crippen LogP) is 2.75. The SMILES string of the molecule is CCC(=O)N1C[C@H](NCc2ccc3ccccc3c2)C(=O)N(CC(=O)N[C@H](C=O)CC(C)=O)c2ccccc21. The van der Waals surface area contributed by atoms with Crippen LogP contribution >= 0.6 is 0 Å². The lowest BCUT2D eigenvalue weighted by Gasteiger charge is -2.25. The second-order valence-electron chi connectivity index (χ2n) is 9.60. The minimum Gasteiger partial charge on any atom is -0.345 e. The molecular weight excluding hydrogens is 496 g/mol. The number of aldehydes is 1. The van der Waals surface area contributed by atoms with Gasteiger partial charge in [0.2, 0.25) is 17.7 Å². The van der Waals surface area contributed by atoms with Crippen molar-refractivity contribution < 1.29 is 24.0 Å². The maximum atomic E-state index is 13.9. The van der Waals surface area contributed by atoms with E-state index in [-0.39, 0.29) is 43.5 Å². The van der Waals surface area contributed by atoms with Crippen LogP contribution in [-0.4, -0.2) is 55.0 Å². The van der Waals surface area contributed by atoms with E-state index in [1.54, 1.807) is 36.1 Å². The fraction of sp³-hybridized carbons (Fsp3) is 0.300. The van der Waals surface area contributed by atoms with Gasteiger partial charge in [0.15, 0.2) is 0 Å². The zero-order chi connectivity index (χ0) is 27.9. The Morgan fingerprint density at radius 1 is 1.00 bits per heavy atom. The van der Waals surface area contributed by atoms with Gasteiger partial charge in [0.05, 0.1) is 24.0 Å². The maximum Gasteiger partial charge on any atom is 0.246 e. The molecule has 3 amide bonds. The number of nitrogens with one attached hydrogen (secondary N) is 2. The molecule has 0 bridgehead atoms. The molecule has 2 atom stereocenters. The molecule has 0 spiro atoms. The van der Waals surface area contributed by atoms with E-state index in [9.17, 15) is 24.0 Å². The van der Waals surface area contributed by atoms with E-state index in [4.69, 9.17) is 0 Å². The fourth-order valence-corrected chi connectivity index (χ4v) is 4.76. The number of para-hydroxylation sites is 2. The van der Waals surface area contributed by atoms with Crippen molar-refractivity contribution in [2.24, 2.45) is 0 Å². The summed E-state index contributed by atoms with van der Waals surface area (Å²) in [5.41, 5.74) is 1.92. The Kier molecular flexibility index (Phi) is 8.83. The number of benzene rings is 3. The van der Waals surface area contributed by atoms with Crippen molar-refractivity contribution in [2.75, 3.05) is 22.9 Å². The number of anilines is 2. The van der Waals surface area contributed by atoms with Crippen molar-refractivity contribution in [3.63, 3.8) is 0 Å². The third kappa shape index (κ3) is 6.56. The number of hydrogen-bond donors (Lipinski definition) is 2. The van der Waals surface area contributed by atoms with Crippen LogP contribution in [0.3, 0.4) is 0 Å². The molecule has 39 heavy (non-hydrogen) atoms. The topological polar surface area (TPSA) is 116 Å². The first kappa shape index (κ1) is 27.7. The molecule has 3 aromatic rings. The second kappa shape index (κ2) is 12.4. The molecule has 2 N–H and O–H groups in total. The van der Waals surface area contributed by atoms with E-state index in [1.165, 1.54) is 11.8 Å². The Bertz CT molecular complexity index is 1400. The van der Waals surface area contributed by atoms with Crippen molar-refractivity contribution in [3.8, 4) is 0 Å². The molecule has 1 aliphatic heterocycles. The predicted molar refractivity (Wildman–Crippen MR) is 149 cm³/mol. The first-order chi connectivity index (χ1) is 18.8. The van der Waals surface area contributed by atoms with Gasteiger partial charge in [-0.05, 0) is 41.5 Å². The van der Waals surface area contributed by atoms with Gasteiger partial charge in [0, 0.05) is 19.4 Å². The van der Waals surface area contributed by atoms with E-state index < -0.39 is 18.0 Å². The molecule has 0 radical (unpaired) electrons. The van der Waals surface area contributed by atoms with Crippen molar-refractivity contribution in [1.29, 1.82) is 0 Å². The molecular formula is C30H32N4O5. The smallest absolute Gasteiger partial charge is 0.246 e. The van der Waals surface area contributed by atoms with Gasteiger partial charge in [-0.25, -0.2) is 0 Å². The first-order valence-corrected chi connectivity index (χ1v) is 13.0. The summed E-state index contributed by atoms with van der Waals surface area (Å²) < 4.78 is 0. The van der Waals surface area contributed by atoms with Crippen molar-refractivity contribution in [1.82, 2.24) is 10.6 Å². The number of nitrogens with zero attached hydrogens (tertiary/aromatic N) is 2. The summed E-state index contributed by atoms with van der Waals surface area (Å²) >= 11 is 0. The first-order valence-electron chi connectivity index (χ1n) is 13.0. The number of carbonyl (C=O) groups is 5. The van der Waals surface area contributed by atoms with Crippen molar-refractivity contribution in [2.45, 2.75) is 45.3 Å². The lowest BCUT2D eigenvalue weighted by molar-refractivity contribution is -0.127. The summed E-state index contributed by atoms with van der Waals surface area (Å²) in [7, 11) is 0. The van der Waals surface area contributed by atoms with Gasteiger partial charge in [-0.2, -0.15) is 0 Å². The highest BCUT2D eigenvalue weighted by Crippen LogP contribution is 2.33. The van der Waals surface area contributed by atoms with Crippen LogP contribution in [0, 0.1) is 0 Å². The molecule has 4 rings (SSSR count). The highest BCUT2D eigenvalue weighted by atomic mass is 16.2. The Morgan fingerprint density at radius 2 is 1.69 bits per heavy atom. The molecule has 0 unspecified atom stereocenters. The van der Waals surface area contributed by atoms with E-state index in [0.717, 1.165) is 16.3 Å². The molecule has 3 aromatic carbocycles. The Hall–Kier alpha value is -4.37. The number of fused-ring (bicyclic) bond motifs is 2. The highest BCUT2D eigenvalue weighted by molar-refractivity contribution is 6.09. The second-order valence-corrected chi connectivity index (χ2v) is 9.60. The van der Waals surface area contributed by atoms with Crippen molar-refractivity contribution in [3.05, 3.63) is 72.3 Å². The lowest BCUT2D eigenvalue weighted by Crippen LogP contribution is -2.53. The van der Waals surface area contributed by atoms with Gasteiger partial charge in [-0.1, -0.05) is 55.5 Å². The van der Waals surface area contributed by atoms with E-state index in [1.807, 2.05) is 42.5 Å². The maximum absolute atomic E-state index is 13.9. The van der Waals surface area contributed by atoms with Crippen LogP contribution < -0.4 is 20.4 Å². The standard InChI is InChI=1S/C30H32N4O5/c1-3-29(38)33-17-25(31-16-21-12-13-22-8-4-5-9-23(22)15-21)30(39)34(27-11-7-6-10-26(27)33)18-28(37)32-24(19-35)14-20(2)36/h4-13,15,19,24-25,31H,3,14,16-18H2,1-2H3,(H,32,37)/t24-,25-/m0/s1. The quantitative estimate of drug-likeness (QED) is 0.391. The van der Waals surface area contributed by atoms with Crippen LogP contribution in [0.5, 0.6) is 0 Å². The summed E-state index contributed by atoms with van der Waals surface area (Å²) in [6, 6.07) is 19.2. The molecule has 1 aliphatic rings. The zero-order valence-electron chi connectivity index (χ0n) is 22.1. The minimum absolute atomic E-state index is 0.0928. The normalized spacial score (nSPS) is 15.8. The van der Waals surface area contributed by atoms with Gasteiger partial charge in [0.1, 0.15) is 24.7 Å². The number of hydrogen-bond acceptors (Lipinski definition) is 6. The van der Waals surface area contributed by atoms with Crippen LogP contribution in [0.4, 0.5) is 11.4 Å². The summed E-state index contributed by atoms with van der Waals surface area (Å²) in [5, 5.41) is 8.01. The largest absolute Gasteiger partial charge is 0.345 e. The van der Waals surface area contributed by atoms with Crippen LogP contribution in [-0.2, 0) is 30.5 Å². The van der Waals surface area contributed by atoms with Gasteiger partial charge < -0.3 is 20.3 Å². The summed E-state index contributed by atoms with van der Waals surface area (Å²) in [6.45, 7) is 3.19. The van der Waals surface area contributed by atoms with Gasteiger partial charge >= 0.3 is 0 Å². The van der Waals surface area contributed by atoms with Gasteiger partial charge in [0.25, 0.3) is 0 Å². The molecule has 0 saturated carbocycles. The number of Topliss-reactive ketones (excluding diaryl/α,β-unsaturated/α-hetero) is 1. The molecule has 1 heterocycles. The number of ketones is 1. The molecule has 202 valence electrons. The third-order valence-electron chi connectivity index (χ3n) is 6.68. The molecule has 0 saturated heterocycles. The van der Waals surface area contributed by atoms with Crippen LogP contribution in [0.2, 0.25) is 0 Å². The van der Waals surface area contributed by atoms with Crippen LogP contribution in [0.1, 0.15) is 32.3 Å². The average Bonchev–Trinajstić information content (AvgIpc) is 3.05. The number of rotatable bonds is 10. The van der Waals surface area contributed by atoms with Crippen LogP contribution in [0.15, 0.2) is 66.7 Å². The number of carbonyl (C=O) groups excluding carboxylic acids is 5. The van der Waals surface area contributed by atoms with E-state index in [2.05, 4.69) is 10.6 Å². The van der Waals surface area contributed by atoms with Crippen LogP contribution in [0.25, 0.3) is 10.8 Å². The third-order valence-corrected chi connectivity index (χ3v) is 6.68. The number of amides is 3. The highest BCUT2D eigenvalue weighted by Gasteiger charge is 2.36. The Balaban J connectivity index is 1.62. The summed E-state index contributed by atoms with van der Waals surface area (Å²) in [4.78, 5) is 65.6. The zero-order valence-corrected chi connectivity index (χ0v) is 22.1. The Morgan fingerprint density at radius 3 is 2.38 bits per heavy atom. The van der Waals surface area contributed by atoms with Crippen molar-refractivity contribution >= 4 is 51.9 Å². The van der Waals surface area contributed by atoms with Gasteiger partial charge in [-0.3, -0.25) is 24.1 Å². The van der Waals surface area contributed by atoms with E-state index >= 15 is 0 Å². The molecule has 9 nitrogen and oxygen atoms in total. The molecule has 0 fully saturated rings. The summed E-state index contributed by atoms with van der Waals surface area (Å²) in [6.07, 6.45) is 0.619. The Labute approximate surface area is 227 Å². The molecule has 0 aromatic heterocycles. The molecule has 9 heteroatoms. The molecule has 0 aliphatic carbocycles. The summed E-state index contributed by atoms with van der Waals surface area (Å²) in [5.74, 6) is -1.35. The van der Waals surface area contributed by atoms with E-state index in [0.29, 0.717) is 24.2 Å². The average molecular weight is 529 g/mol. The minimum atomic E-state index is -0.979. The van der Waals surface area contributed by atoms with Gasteiger partial charge in [-0.15, -0.1) is 0 Å².